The van der Waals surface area contributed by atoms with Gasteiger partial charge in [-0.2, -0.15) is 0 Å². The van der Waals surface area contributed by atoms with Crippen molar-refractivity contribution in [1.82, 2.24) is 4.98 Å². The molecule has 0 amide bonds. The normalized spacial score (nSPS) is 12.4. The third-order valence-electron chi connectivity index (χ3n) is 4.89. The van der Waals surface area contributed by atoms with Gasteiger partial charge in [-0.1, -0.05) is 41.9 Å². The highest BCUT2D eigenvalue weighted by atomic mass is 35.5. The minimum atomic E-state index is 0.658. The molecule has 0 aliphatic rings. The van der Waals surface area contributed by atoms with Crippen molar-refractivity contribution in [3.05, 3.63) is 87.2 Å². The van der Waals surface area contributed by atoms with Gasteiger partial charge in [-0.15, -0.1) is 0 Å². The number of rotatable bonds is 4. The average molecular weight is 404 g/mol. The molecule has 0 aliphatic heterocycles. The Kier molecular flexibility index (Phi) is 6.29. The predicted octanol–water partition coefficient (Wildman–Crippen LogP) is 7.25. The SMILES string of the molecule is C/C(=N\c1c(C)cccc1C)c1cccc(/C(C)=N/c2c(C)cc(C)cc2Cl)n1. The van der Waals surface area contributed by atoms with Crippen LogP contribution in [0.3, 0.4) is 0 Å². The molecular formula is C25H26ClN3. The Morgan fingerprint density at radius 2 is 1.24 bits per heavy atom. The molecule has 2 aromatic carbocycles. The van der Waals surface area contributed by atoms with Crippen molar-refractivity contribution < 1.29 is 0 Å². The highest BCUT2D eigenvalue weighted by Gasteiger charge is 2.09. The predicted molar refractivity (Wildman–Crippen MR) is 125 cm³/mol. The molecule has 4 heteroatoms. The third-order valence-corrected chi connectivity index (χ3v) is 5.18. The van der Waals surface area contributed by atoms with E-state index in [4.69, 9.17) is 26.6 Å². The van der Waals surface area contributed by atoms with Gasteiger partial charge in [-0.05, 0) is 82.0 Å². The lowest BCUT2D eigenvalue weighted by atomic mass is 10.1. The van der Waals surface area contributed by atoms with E-state index >= 15 is 0 Å². The molecule has 0 N–H and O–H groups in total. The number of para-hydroxylation sites is 1. The maximum atomic E-state index is 6.42. The minimum absolute atomic E-state index is 0.658. The summed E-state index contributed by atoms with van der Waals surface area (Å²) in [5, 5.41) is 0.658. The molecule has 148 valence electrons. The van der Waals surface area contributed by atoms with Crippen molar-refractivity contribution in [2.45, 2.75) is 41.5 Å². The number of nitrogens with zero attached hydrogens (tertiary/aromatic N) is 3. The number of halogens is 1. The number of aromatic nitrogens is 1. The van der Waals surface area contributed by atoms with E-state index in [1.807, 2.05) is 52.0 Å². The van der Waals surface area contributed by atoms with Gasteiger partial charge in [-0.25, -0.2) is 9.98 Å². The maximum absolute atomic E-state index is 6.42. The number of hydrogen-bond acceptors (Lipinski definition) is 3. The molecule has 0 fully saturated rings. The first-order valence-corrected chi connectivity index (χ1v) is 10.1. The summed E-state index contributed by atoms with van der Waals surface area (Å²) < 4.78 is 0. The molecular weight excluding hydrogens is 378 g/mol. The Hall–Kier alpha value is -2.78. The van der Waals surface area contributed by atoms with Gasteiger partial charge < -0.3 is 0 Å². The van der Waals surface area contributed by atoms with E-state index in [1.165, 1.54) is 0 Å². The second kappa shape index (κ2) is 8.71. The van der Waals surface area contributed by atoms with E-state index in [2.05, 4.69) is 38.1 Å². The monoisotopic (exact) mass is 403 g/mol. The number of benzene rings is 2. The van der Waals surface area contributed by atoms with Crippen LogP contribution in [0, 0.1) is 27.7 Å². The van der Waals surface area contributed by atoms with Crippen molar-refractivity contribution in [2.24, 2.45) is 9.98 Å². The molecule has 3 rings (SSSR count). The Bertz CT molecular complexity index is 1080. The van der Waals surface area contributed by atoms with Crippen LogP contribution >= 0.6 is 11.6 Å². The maximum Gasteiger partial charge on any atom is 0.0849 e. The molecule has 3 nitrogen and oxygen atoms in total. The third kappa shape index (κ3) is 4.80. The van der Waals surface area contributed by atoms with Gasteiger partial charge in [0.05, 0.1) is 39.2 Å². The van der Waals surface area contributed by atoms with Crippen LogP contribution in [0.5, 0.6) is 0 Å². The molecule has 0 unspecified atom stereocenters. The zero-order chi connectivity index (χ0) is 21.1. The molecule has 0 bridgehead atoms. The Morgan fingerprint density at radius 1 is 0.724 bits per heavy atom. The lowest BCUT2D eigenvalue weighted by Crippen LogP contribution is -2.05. The summed E-state index contributed by atoms with van der Waals surface area (Å²) in [6, 6.07) is 16.2. The quantitative estimate of drug-likeness (QED) is 0.422. The van der Waals surface area contributed by atoms with Crippen LogP contribution in [0.4, 0.5) is 11.4 Å². The Balaban J connectivity index is 1.98. The lowest BCUT2D eigenvalue weighted by Gasteiger charge is -2.09. The van der Waals surface area contributed by atoms with E-state index < -0.39 is 0 Å². The average Bonchev–Trinajstić information content (AvgIpc) is 2.67. The zero-order valence-electron chi connectivity index (χ0n) is 17.8. The number of aliphatic imine (C=N–C) groups is 2. The molecule has 0 radical (unpaired) electrons. The minimum Gasteiger partial charge on any atom is -0.251 e. The summed E-state index contributed by atoms with van der Waals surface area (Å²) in [6.45, 7) is 12.2. The fraction of sp³-hybridized carbons (Fsp3) is 0.240. The fourth-order valence-electron chi connectivity index (χ4n) is 3.32. The van der Waals surface area contributed by atoms with E-state index in [0.29, 0.717) is 5.02 Å². The van der Waals surface area contributed by atoms with Crippen LogP contribution in [0.25, 0.3) is 0 Å². The standard InChI is InChI=1S/C25H26ClN3/c1-15-13-18(4)25(21(26)14-15)28-20(6)23-12-8-11-22(29-23)19(5)27-24-16(2)9-7-10-17(24)3/h7-14H,1-6H3/b27-19+,28-20+. The molecule has 0 spiro atoms. The zero-order valence-corrected chi connectivity index (χ0v) is 18.6. The molecule has 1 heterocycles. The van der Waals surface area contributed by atoms with Crippen LogP contribution in [0.1, 0.15) is 47.5 Å². The van der Waals surface area contributed by atoms with Gasteiger partial charge in [-0.3, -0.25) is 4.99 Å². The van der Waals surface area contributed by atoms with Gasteiger partial charge in [0.15, 0.2) is 0 Å². The first kappa shape index (κ1) is 20.9. The van der Waals surface area contributed by atoms with E-state index in [1.54, 1.807) is 0 Å². The summed E-state index contributed by atoms with van der Waals surface area (Å²) in [7, 11) is 0. The molecule has 1 aromatic heterocycles. The number of pyridine rings is 1. The molecule has 0 saturated heterocycles. The van der Waals surface area contributed by atoms with Crippen molar-refractivity contribution in [2.75, 3.05) is 0 Å². The summed E-state index contributed by atoms with van der Waals surface area (Å²) >= 11 is 6.42. The first-order valence-electron chi connectivity index (χ1n) is 9.67. The molecule has 0 aliphatic carbocycles. The van der Waals surface area contributed by atoms with E-state index in [9.17, 15) is 0 Å². The topological polar surface area (TPSA) is 37.6 Å². The molecule has 3 aromatic rings. The number of aryl methyl sites for hydroxylation is 4. The fourth-order valence-corrected chi connectivity index (χ4v) is 3.68. The van der Waals surface area contributed by atoms with Crippen molar-refractivity contribution >= 4 is 34.4 Å². The number of hydrogen-bond donors (Lipinski definition) is 0. The molecule has 29 heavy (non-hydrogen) atoms. The highest BCUT2D eigenvalue weighted by Crippen LogP contribution is 2.30. The summed E-state index contributed by atoms with van der Waals surface area (Å²) in [5.41, 5.74) is 9.64. The van der Waals surface area contributed by atoms with Crippen LogP contribution < -0.4 is 0 Å². The smallest absolute Gasteiger partial charge is 0.0849 e. The Labute approximate surface area is 178 Å². The molecule has 0 saturated carbocycles. The van der Waals surface area contributed by atoms with Gasteiger partial charge in [0.2, 0.25) is 0 Å². The first-order chi connectivity index (χ1) is 13.8. The van der Waals surface area contributed by atoms with E-state index in [-0.39, 0.29) is 0 Å². The molecule has 0 atom stereocenters. The summed E-state index contributed by atoms with van der Waals surface area (Å²) in [5.74, 6) is 0. The van der Waals surface area contributed by atoms with Crippen molar-refractivity contribution in [3.8, 4) is 0 Å². The second-order valence-electron chi connectivity index (χ2n) is 7.46. The van der Waals surface area contributed by atoms with Gasteiger partial charge in [0, 0.05) is 0 Å². The van der Waals surface area contributed by atoms with Crippen molar-refractivity contribution in [3.63, 3.8) is 0 Å². The second-order valence-corrected chi connectivity index (χ2v) is 7.86. The van der Waals surface area contributed by atoms with Crippen molar-refractivity contribution in [1.29, 1.82) is 0 Å². The van der Waals surface area contributed by atoms with Gasteiger partial charge in [0.1, 0.15) is 0 Å². The Morgan fingerprint density at radius 3 is 1.79 bits per heavy atom. The highest BCUT2D eigenvalue weighted by molar-refractivity contribution is 6.33. The van der Waals surface area contributed by atoms with Crippen LogP contribution in [0.2, 0.25) is 5.02 Å². The summed E-state index contributed by atoms with van der Waals surface area (Å²) in [6.07, 6.45) is 0. The van der Waals surface area contributed by atoms with Crippen LogP contribution in [-0.2, 0) is 0 Å². The lowest BCUT2D eigenvalue weighted by molar-refractivity contribution is 1.23. The summed E-state index contributed by atoms with van der Waals surface area (Å²) in [4.78, 5) is 14.4. The van der Waals surface area contributed by atoms with E-state index in [0.717, 1.165) is 56.4 Å². The van der Waals surface area contributed by atoms with Crippen LogP contribution in [-0.4, -0.2) is 16.4 Å². The largest absolute Gasteiger partial charge is 0.251 e. The van der Waals surface area contributed by atoms with Gasteiger partial charge in [0.25, 0.3) is 0 Å². The van der Waals surface area contributed by atoms with Gasteiger partial charge >= 0.3 is 0 Å². The van der Waals surface area contributed by atoms with Crippen LogP contribution in [0.15, 0.2) is 58.5 Å².